The van der Waals surface area contributed by atoms with Gasteiger partial charge in [0.15, 0.2) is 0 Å². The number of rotatable bonds is 6. The van der Waals surface area contributed by atoms with Crippen LogP contribution in [0.4, 0.5) is 0 Å². The van der Waals surface area contributed by atoms with Crippen molar-refractivity contribution in [3.05, 3.63) is 59.7 Å². The zero-order chi connectivity index (χ0) is 17.7. The lowest BCUT2D eigenvalue weighted by molar-refractivity contribution is 0.0939. The van der Waals surface area contributed by atoms with E-state index in [2.05, 4.69) is 10.0 Å². The second kappa shape index (κ2) is 7.46. The Morgan fingerprint density at radius 1 is 1.12 bits per heavy atom. The molecule has 1 amide bonds. The number of hydrogen-bond acceptors (Lipinski definition) is 4. The highest BCUT2D eigenvalue weighted by Gasteiger charge is 2.20. The molecule has 24 heavy (non-hydrogen) atoms. The number of hydrogen-bond donors (Lipinski definition) is 2. The van der Waals surface area contributed by atoms with Gasteiger partial charge in [0.2, 0.25) is 10.0 Å². The van der Waals surface area contributed by atoms with E-state index in [1.807, 2.05) is 37.3 Å². The van der Waals surface area contributed by atoms with Crippen molar-refractivity contribution < 1.29 is 17.9 Å². The molecule has 0 radical (unpaired) electrons. The van der Waals surface area contributed by atoms with Gasteiger partial charge in [0, 0.05) is 5.56 Å². The molecule has 0 fully saturated rings. The van der Waals surface area contributed by atoms with Crippen LogP contribution in [0.2, 0.25) is 0 Å². The Morgan fingerprint density at radius 2 is 1.79 bits per heavy atom. The minimum absolute atomic E-state index is 0.0764. The molecule has 0 aromatic heterocycles. The van der Waals surface area contributed by atoms with Crippen molar-refractivity contribution >= 4 is 15.9 Å². The Balaban J connectivity index is 2.29. The summed E-state index contributed by atoms with van der Waals surface area (Å²) in [6, 6.07) is 13.6. The molecule has 0 saturated carbocycles. The number of sulfonamides is 1. The Morgan fingerprint density at radius 3 is 2.38 bits per heavy atom. The molecule has 0 unspecified atom stereocenters. The van der Waals surface area contributed by atoms with Crippen LogP contribution in [0.5, 0.6) is 5.75 Å². The molecule has 2 aromatic rings. The minimum Gasteiger partial charge on any atom is -0.495 e. The largest absolute Gasteiger partial charge is 0.495 e. The predicted octanol–water partition coefficient (Wildman–Crippen LogP) is 2.09. The first-order valence-electron chi connectivity index (χ1n) is 7.36. The maximum Gasteiger partial charge on any atom is 0.251 e. The number of carbonyl (C=O) groups is 1. The zero-order valence-corrected chi connectivity index (χ0v) is 14.6. The summed E-state index contributed by atoms with van der Waals surface area (Å²) in [5, 5.41) is 2.85. The standard InChI is InChI=1S/C17H20N2O4S/c1-12(13-7-5-4-6-8-13)19-17(20)14-9-10-15(23-3)16(11-14)24(21,22)18-2/h4-12,18H,1-3H3,(H,19,20)/t12-/m1/s1. The molecule has 2 aromatic carbocycles. The van der Waals surface area contributed by atoms with Crippen LogP contribution in [0.25, 0.3) is 0 Å². The smallest absolute Gasteiger partial charge is 0.251 e. The van der Waals surface area contributed by atoms with Crippen molar-refractivity contribution in [1.82, 2.24) is 10.0 Å². The summed E-state index contributed by atoms with van der Waals surface area (Å²) < 4.78 is 31.4. The first-order chi connectivity index (χ1) is 11.4. The van der Waals surface area contributed by atoms with Crippen molar-refractivity contribution in [1.29, 1.82) is 0 Å². The quantitative estimate of drug-likeness (QED) is 0.837. The molecule has 7 heteroatoms. The predicted molar refractivity (Wildman–Crippen MR) is 91.6 cm³/mol. The fourth-order valence-corrected chi connectivity index (χ4v) is 3.16. The molecule has 6 nitrogen and oxygen atoms in total. The first-order valence-corrected chi connectivity index (χ1v) is 8.84. The third-order valence-electron chi connectivity index (χ3n) is 3.63. The van der Waals surface area contributed by atoms with E-state index < -0.39 is 10.0 Å². The highest BCUT2D eigenvalue weighted by molar-refractivity contribution is 7.89. The zero-order valence-electron chi connectivity index (χ0n) is 13.7. The molecular formula is C17H20N2O4S. The van der Waals surface area contributed by atoms with Gasteiger partial charge >= 0.3 is 0 Å². The molecule has 0 bridgehead atoms. The van der Waals surface area contributed by atoms with Crippen LogP contribution in [-0.2, 0) is 10.0 Å². The summed E-state index contributed by atoms with van der Waals surface area (Å²) in [4.78, 5) is 12.4. The van der Waals surface area contributed by atoms with Gasteiger partial charge in [0.05, 0.1) is 13.2 Å². The van der Waals surface area contributed by atoms with Gasteiger partial charge in [0.1, 0.15) is 10.6 Å². The summed E-state index contributed by atoms with van der Waals surface area (Å²) in [6.45, 7) is 1.86. The Bertz CT molecular complexity index is 820. The fourth-order valence-electron chi connectivity index (χ4n) is 2.24. The normalized spacial score (nSPS) is 12.5. The molecule has 2 N–H and O–H groups in total. The average molecular weight is 348 g/mol. The molecule has 0 aliphatic rings. The van der Waals surface area contributed by atoms with Gasteiger partial charge in [0.25, 0.3) is 5.91 Å². The van der Waals surface area contributed by atoms with Crippen LogP contribution in [0.3, 0.4) is 0 Å². The molecule has 128 valence electrons. The van der Waals surface area contributed by atoms with E-state index in [9.17, 15) is 13.2 Å². The van der Waals surface area contributed by atoms with Crippen LogP contribution in [0.15, 0.2) is 53.4 Å². The monoisotopic (exact) mass is 348 g/mol. The van der Waals surface area contributed by atoms with Crippen molar-refractivity contribution in [3.8, 4) is 5.75 Å². The summed E-state index contributed by atoms with van der Waals surface area (Å²) >= 11 is 0. The lowest BCUT2D eigenvalue weighted by atomic mass is 10.1. The van der Waals surface area contributed by atoms with E-state index in [0.717, 1.165) is 5.56 Å². The van der Waals surface area contributed by atoms with E-state index in [1.54, 1.807) is 0 Å². The molecule has 0 aliphatic heterocycles. The number of ether oxygens (including phenoxy) is 1. The number of benzene rings is 2. The second-order valence-electron chi connectivity index (χ2n) is 5.18. The number of carbonyl (C=O) groups excluding carboxylic acids is 1. The second-order valence-corrected chi connectivity index (χ2v) is 7.03. The summed E-state index contributed by atoms with van der Waals surface area (Å²) in [6.07, 6.45) is 0. The number of amides is 1. The van der Waals surface area contributed by atoms with Crippen LogP contribution in [0.1, 0.15) is 28.9 Å². The average Bonchev–Trinajstić information content (AvgIpc) is 2.61. The van der Waals surface area contributed by atoms with Crippen LogP contribution < -0.4 is 14.8 Å². The van der Waals surface area contributed by atoms with Gasteiger partial charge in [-0.1, -0.05) is 30.3 Å². The fraction of sp³-hybridized carbons (Fsp3) is 0.235. The van der Waals surface area contributed by atoms with Crippen molar-refractivity contribution in [2.45, 2.75) is 17.9 Å². The first kappa shape index (κ1) is 18.0. The highest BCUT2D eigenvalue weighted by atomic mass is 32.2. The van der Waals surface area contributed by atoms with Crippen LogP contribution >= 0.6 is 0 Å². The molecule has 0 heterocycles. The summed E-state index contributed by atoms with van der Waals surface area (Å²) in [5.74, 6) is -0.182. The molecular weight excluding hydrogens is 328 g/mol. The Labute approximate surface area is 141 Å². The van der Waals surface area contributed by atoms with Crippen molar-refractivity contribution in [2.24, 2.45) is 0 Å². The number of methoxy groups -OCH3 is 1. The molecule has 1 atom stereocenters. The topological polar surface area (TPSA) is 84.5 Å². The lowest BCUT2D eigenvalue weighted by Gasteiger charge is -2.15. The van der Waals surface area contributed by atoms with Gasteiger partial charge in [-0.05, 0) is 37.7 Å². The number of nitrogens with one attached hydrogen (secondary N) is 2. The van der Waals surface area contributed by atoms with Gasteiger partial charge in [-0.3, -0.25) is 4.79 Å². The summed E-state index contributed by atoms with van der Waals surface area (Å²) in [7, 11) is -1.05. The highest BCUT2D eigenvalue weighted by Crippen LogP contribution is 2.25. The van der Waals surface area contributed by atoms with Gasteiger partial charge in [-0.2, -0.15) is 0 Å². The third-order valence-corrected chi connectivity index (χ3v) is 5.07. The molecule has 0 aliphatic carbocycles. The van der Waals surface area contributed by atoms with E-state index in [4.69, 9.17) is 4.74 Å². The maximum atomic E-state index is 12.4. The van der Waals surface area contributed by atoms with Crippen molar-refractivity contribution in [3.63, 3.8) is 0 Å². The third kappa shape index (κ3) is 3.93. The maximum absolute atomic E-state index is 12.4. The Hall–Kier alpha value is -2.38. The SMILES string of the molecule is CNS(=O)(=O)c1cc(C(=O)N[C@H](C)c2ccccc2)ccc1OC. The Kier molecular flexibility index (Phi) is 5.58. The molecule has 2 rings (SSSR count). The minimum atomic E-state index is -3.73. The lowest BCUT2D eigenvalue weighted by Crippen LogP contribution is -2.27. The van der Waals surface area contributed by atoms with E-state index in [0.29, 0.717) is 0 Å². The van der Waals surface area contributed by atoms with Gasteiger partial charge in [-0.15, -0.1) is 0 Å². The van der Waals surface area contributed by atoms with Crippen LogP contribution in [-0.4, -0.2) is 28.5 Å². The molecule has 0 saturated heterocycles. The van der Waals surface area contributed by atoms with Gasteiger partial charge in [-0.25, -0.2) is 13.1 Å². The van der Waals surface area contributed by atoms with Crippen LogP contribution in [0, 0.1) is 0 Å². The van der Waals surface area contributed by atoms with Crippen molar-refractivity contribution in [2.75, 3.05) is 14.2 Å². The van der Waals surface area contributed by atoms with Gasteiger partial charge < -0.3 is 10.1 Å². The van der Waals surface area contributed by atoms with E-state index >= 15 is 0 Å². The van der Waals surface area contributed by atoms with E-state index in [1.165, 1.54) is 32.4 Å². The molecule has 0 spiro atoms. The summed E-state index contributed by atoms with van der Waals surface area (Å²) in [5.41, 5.74) is 1.20. The van der Waals surface area contributed by atoms with E-state index in [-0.39, 0.29) is 28.2 Å².